The number of aliphatic carboxylic acids is 1. The van der Waals surface area contributed by atoms with Gasteiger partial charge in [0.1, 0.15) is 5.82 Å². The molecule has 1 heterocycles. The molecule has 2 atom stereocenters. The molecule has 0 spiro atoms. The molecule has 0 amide bonds. The van der Waals surface area contributed by atoms with E-state index in [1.165, 1.54) is 12.1 Å². The van der Waals surface area contributed by atoms with Gasteiger partial charge in [-0.1, -0.05) is 52.7 Å². The smallest absolute Gasteiger partial charge is 0.790 e. The van der Waals surface area contributed by atoms with Crippen molar-refractivity contribution in [1.29, 1.82) is 0 Å². The molecule has 1 aromatic carbocycles. The second-order valence-corrected chi connectivity index (χ2v) is 11.0. The fraction of sp³-hybridized carbons (Fsp3) is 0.417. The zero-order valence-corrected chi connectivity index (χ0v) is 25.7. The predicted molar refractivity (Wildman–Crippen MR) is 117 cm³/mol. The largest absolute Gasteiger partial charge is 1.00 e. The number of carbonyl (C=O) groups is 1. The van der Waals surface area contributed by atoms with E-state index in [-0.39, 0.29) is 70.4 Å². The third-order valence-electron chi connectivity index (χ3n) is 4.72. The number of halogens is 1. The Balaban J connectivity index is 0.00000544. The van der Waals surface area contributed by atoms with Crippen molar-refractivity contribution in [3.63, 3.8) is 0 Å². The molecular weight excluding hydrogens is 478 g/mol. The van der Waals surface area contributed by atoms with Crippen LogP contribution in [0.5, 0.6) is 0 Å². The topological polar surface area (TPSA) is 113 Å². The Morgan fingerprint density at radius 3 is 2.24 bits per heavy atom. The van der Waals surface area contributed by atoms with Crippen LogP contribution in [0.1, 0.15) is 63.9 Å². The Bertz CT molecular complexity index is 1110. The van der Waals surface area contributed by atoms with Gasteiger partial charge >= 0.3 is 59.1 Å². The van der Waals surface area contributed by atoms with Crippen molar-refractivity contribution in [3.8, 4) is 22.7 Å². The number of carbonyl (C=O) groups excluding carboxylic acids is 1. The average Bonchev–Trinajstić information content (AvgIpc) is 2.64. The van der Waals surface area contributed by atoms with Crippen LogP contribution in [0.25, 0.3) is 11.1 Å². The summed E-state index contributed by atoms with van der Waals surface area (Å²) in [7, 11) is -4.42. The van der Waals surface area contributed by atoms with Crippen molar-refractivity contribution in [2.24, 2.45) is 0 Å². The Morgan fingerprint density at radius 1 is 1.21 bits per heavy atom. The number of aromatic nitrogens is 1. The molecule has 1 unspecified atom stereocenters. The molecule has 0 saturated heterocycles. The van der Waals surface area contributed by atoms with Gasteiger partial charge in [-0.25, -0.2) is 4.39 Å². The maximum atomic E-state index is 13.5. The summed E-state index contributed by atoms with van der Waals surface area (Å²) < 4.78 is 25.9. The zero-order valence-electron chi connectivity index (χ0n) is 20.8. The van der Waals surface area contributed by atoms with Crippen LogP contribution in [0.2, 0.25) is 0 Å². The van der Waals surface area contributed by atoms with Gasteiger partial charge in [0.2, 0.25) is 0 Å². The number of aliphatic hydroxyl groups excluding tert-OH is 1. The Hall–Kier alpha value is -0.520. The Kier molecular flexibility index (Phi) is 13.5. The molecule has 0 aliphatic heterocycles. The van der Waals surface area contributed by atoms with E-state index in [9.17, 15) is 28.9 Å². The number of pyridine rings is 1. The molecule has 0 bridgehead atoms. The van der Waals surface area contributed by atoms with Crippen molar-refractivity contribution in [2.75, 3.05) is 6.16 Å². The monoisotopic (exact) mass is 505 g/mol. The summed E-state index contributed by atoms with van der Waals surface area (Å²) in [5, 5.41) is 20.3. The summed E-state index contributed by atoms with van der Waals surface area (Å²) in [5.74, 6) is 0.661. The van der Waals surface area contributed by atoms with Crippen molar-refractivity contribution >= 4 is 13.3 Å². The first-order valence-electron chi connectivity index (χ1n) is 10.2. The standard InChI is InChI=1S/C24H29FNO5P.2Na/c1-15(2)23-19(10-11-32(30,31)14-18(27)12-22(28)29)20(13-21(26-23)24(3,4)5)16-6-8-17(25)9-7-16;;/h6-9,13,15,18,27H,12,14H2,1-5H3,(H,28,29)(H,30,31);;/q;2*+1/p-2/t18-;;/m1../s1. The summed E-state index contributed by atoms with van der Waals surface area (Å²) in [4.78, 5) is 27.7. The van der Waals surface area contributed by atoms with Crippen molar-refractivity contribution < 1.29 is 88.0 Å². The molecule has 10 heteroatoms. The van der Waals surface area contributed by atoms with Gasteiger partial charge in [-0.3, -0.25) is 4.98 Å². The van der Waals surface area contributed by atoms with Crippen LogP contribution in [-0.2, 0) is 14.8 Å². The molecule has 0 saturated carbocycles. The number of carboxylic acids is 1. The summed E-state index contributed by atoms with van der Waals surface area (Å²) >= 11 is 0. The van der Waals surface area contributed by atoms with Crippen molar-refractivity contribution in [2.45, 2.75) is 58.5 Å². The molecular formula is C24H27FNNa2O5P. The number of benzene rings is 1. The third kappa shape index (κ3) is 9.85. The van der Waals surface area contributed by atoms with E-state index in [0.717, 1.165) is 5.69 Å². The van der Waals surface area contributed by atoms with Gasteiger partial charge in [0.05, 0.1) is 24.7 Å². The summed E-state index contributed by atoms with van der Waals surface area (Å²) in [6.45, 7) is 9.83. The van der Waals surface area contributed by atoms with E-state index in [1.807, 2.05) is 40.7 Å². The molecule has 1 aromatic heterocycles. The van der Waals surface area contributed by atoms with Crippen LogP contribution >= 0.6 is 7.37 Å². The van der Waals surface area contributed by atoms with Gasteiger partial charge in [-0.15, -0.1) is 0 Å². The number of nitrogens with zero attached hydrogens (tertiary/aromatic N) is 1. The SMILES string of the molecule is CC(C)c1nc(C(C)(C)C)cc(-c2ccc(F)cc2)c1C#CP(=O)([O-])C[C@H](O)CC(=O)[O-].[Na+].[Na+]. The number of hydrogen-bond donors (Lipinski definition) is 1. The first-order chi connectivity index (χ1) is 14.7. The van der Waals surface area contributed by atoms with Crippen LogP contribution < -0.4 is 69.1 Å². The number of aliphatic hydroxyl groups is 1. The van der Waals surface area contributed by atoms with E-state index < -0.39 is 37.8 Å². The predicted octanol–water partition coefficient (Wildman–Crippen LogP) is -3.24. The van der Waals surface area contributed by atoms with Gasteiger partial charge in [0, 0.05) is 35.2 Å². The van der Waals surface area contributed by atoms with E-state index >= 15 is 0 Å². The van der Waals surface area contributed by atoms with Gasteiger partial charge in [0.25, 0.3) is 0 Å². The molecule has 2 aromatic rings. The molecule has 0 aliphatic rings. The maximum Gasteiger partial charge on any atom is 1.00 e. The molecule has 34 heavy (non-hydrogen) atoms. The van der Waals surface area contributed by atoms with E-state index in [4.69, 9.17) is 4.98 Å². The van der Waals surface area contributed by atoms with Crippen LogP contribution in [-0.4, -0.2) is 28.3 Å². The summed E-state index contributed by atoms with van der Waals surface area (Å²) in [5.41, 5.74) is 4.96. The Morgan fingerprint density at radius 2 is 1.76 bits per heavy atom. The van der Waals surface area contributed by atoms with Crippen LogP contribution in [0.15, 0.2) is 30.3 Å². The second-order valence-electron chi connectivity index (χ2n) is 9.05. The van der Waals surface area contributed by atoms with Crippen LogP contribution in [0, 0.1) is 17.4 Å². The Labute approximate surface area is 244 Å². The van der Waals surface area contributed by atoms with E-state index in [0.29, 0.717) is 22.4 Å². The minimum Gasteiger partial charge on any atom is -0.790 e. The summed E-state index contributed by atoms with van der Waals surface area (Å²) in [6, 6.07) is 7.63. The second kappa shape index (κ2) is 13.7. The zero-order chi connectivity index (χ0) is 24.3. The number of carboxylic acid groups (broad SMARTS) is 1. The molecule has 172 valence electrons. The average molecular weight is 505 g/mol. The first-order valence-corrected chi connectivity index (χ1v) is 12.0. The van der Waals surface area contributed by atoms with Gasteiger partial charge in [-0.05, 0) is 35.3 Å². The molecule has 1 N–H and O–H groups in total. The molecule has 0 aliphatic carbocycles. The molecule has 0 radical (unpaired) electrons. The third-order valence-corrected chi connectivity index (χ3v) is 6.08. The number of hydrogen-bond acceptors (Lipinski definition) is 6. The van der Waals surface area contributed by atoms with Crippen LogP contribution in [0.4, 0.5) is 4.39 Å². The minimum atomic E-state index is -4.42. The normalized spacial score (nSPS) is 13.6. The van der Waals surface area contributed by atoms with E-state index in [1.54, 1.807) is 12.1 Å². The molecule has 2 rings (SSSR count). The minimum absolute atomic E-state index is 0. The quantitative estimate of drug-likeness (QED) is 0.251. The van der Waals surface area contributed by atoms with Gasteiger partial charge in [0.15, 0.2) is 0 Å². The first kappa shape index (κ1) is 33.5. The van der Waals surface area contributed by atoms with Gasteiger partial charge < -0.3 is 24.5 Å². The fourth-order valence-corrected chi connectivity index (χ4v) is 4.13. The van der Waals surface area contributed by atoms with Gasteiger partial charge in [-0.2, -0.15) is 0 Å². The van der Waals surface area contributed by atoms with Crippen molar-refractivity contribution in [1.82, 2.24) is 4.98 Å². The summed E-state index contributed by atoms with van der Waals surface area (Å²) in [6.07, 6.45) is -3.21. The molecule has 6 nitrogen and oxygen atoms in total. The molecule has 0 fully saturated rings. The van der Waals surface area contributed by atoms with E-state index in [2.05, 4.69) is 11.6 Å². The number of rotatable bonds is 6. The van der Waals surface area contributed by atoms with Crippen molar-refractivity contribution in [3.05, 3.63) is 53.1 Å². The fourth-order valence-electron chi connectivity index (χ4n) is 3.08. The van der Waals surface area contributed by atoms with Crippen LogP contribution in [0.3, 0.4) is 0 Å². The maximum absolute atomic E-state index is 13.5.